The van der Waals surface area contributed by atoms with Crippen molar-refractivity contribution in [2.75, 3.05) is 34.8 Å². The molecule has 1 heterocycles. The number of hydrogen-bond acceptors (Lipinski definition) is 3. The quantitative estimate of drug-likeness (QED) is 0.846. The number of nitrogens with one attached hydrogen (secondary N) is 1. The Morgan fingerprint density at radius 1 is 1.00 bits per heavy atom. The molecule has 3 rings (SSSR count). The molecule has 0 aromatic heterocycles. The van der Waals surface area contributed by atoms with Gasteiger partial charge in [0.1, 0.15) is 6.54 Å². The molecule has 1 aliphatic heterocycles. The standard InChI is InChI=1S/C22H27N3O2/c1-3-18-6-10-21(11-7-18)25(17(2)26)16-22(27)23-19-8-12-20(13-9-19)24-14-4-5-15-24/h6-13H,3-5,14-16H2,1-2H3,(H,23,27). The lowest BCUT2D eigenvalue weighted by Gasteiger charge is -2.21. The van der Waals surface area contributed by atoms with E-state index < -0.39 is 0 Å². The van der Waals surface area contributed by atoms with E-state index >= 15 is 0 Å². The molecule has 27 heavy (non-hydrogen) atoms. The Bertz CT molecular complexity index is 778. The number of hydrogen-bond donors (Lipinski definition) is 1. The molecular formula is C22H27N3O2. The maximum Gasteiger partial charge on any atom is 0.244 e. The molecule has 0 spiro atoms. The van der Waals surface area contributed by atoms with Crippen LogP contribution in [0.2, 0.25) is 0 Å². The van der Waals surface area contributed by atoms with E-state index in [-0.39, 0.29) is 18.4 Å². The largest absolute Gasteiger partial charge is 0.372 e. The Labute approximate surface area is 161 Å². The Balaban J connectivity index is 1.62. The molecule has 5 nitrogen and oxygen atoms in total. The topological polar surface area (TPSA) is 52.7 Å². The molecule has 2 aromatic rings. The zero-order chi connectivity index (χ0) is 19.2. The number of carbonyl (C=O) groups is 2. The molecule has 1 fully saturated rings. The van der Waals surface area contributed by atoms with Gasteiger partial charge in [0.2, 0.25) is 11.8 Å². The van der Waals surface area contributed by atoms with Crippen molar-refractivity contribution in [3.05, 3.63) is 54.1 Å². The molecule has 1 aliphatic rings. The van der Waals surface area contributed by atoms with Gasteiger partial charge in [-0.25, -0.2) is 0 Å². The number of amides is 2. The Morgan fingerprint density at radius 3 is 2.19 bits per heavy atom. The maximum atomic E-state index is 12.4. The van der Waals surface area contributed by atoms with E-state index in [2.05, 4.69) is 17.1 Å². The number of anilines is 3. The average molecular weight is 365 g/mol. The van der Waals surface area contributed by atoms with Gasteiger partial charge in [-0.2, -0.15) is 0 Å². The van der Waals surface area contributed by atoms with Gasteiger partial charge in [0.05, 0.1) is 0 Å². The molecule has 1 N–H and O–H groups in total. The first-order chi connectivity index (χ1) is 13.1. The highest BCUT2D eigenvalue weighted by Crippen LogP contribution is 2.22. The van der Waals surface area contributed by atoms with Crippen molar-refractivity contribution in [1.82, 2.24) is 0 Å². The minimum Gasteiger partial charge on any atom is -0.372 e. The predicted molar refractivity (Wildman–Crippen MR) is 110 cm³/mol. The van der Waals surface area contributed by atoms with Crippen molar-refractivity contribution in [1.29, 1.82) is 0 Å². The summed E-state index contributed by atoms with van der Waals surface area (Å²) in [5.41, 5.74) is 3.86. The fourth-order valence-corrected chi connectivity index (χ4v) is 3.37. The minimum atomic E-state index is -0.210. The van der Waals surface area contributed by atoms with Gasteiger partial charge in [-0.3, -0.25) is 9.59 Å². The van der Waals surface area contributed by atoms with Gasteiger partial charge in [-0.15, -0.1) is 0 Å². The summed E-state index contributed by atoms with van der Waals surface area (Å²) in [4.78, 5) is 28.3. The number of benzene rings is 2. The lowest BCUT2D eigenvalue weighted by atomic mass is 10.1. The third-order valence-corrected chi connectivity index (χ3v) is 4.96. The number of aryl methyl sites for hydroxylation is 1. The van der Waals surface area contributed by atoms with Gasteiger partial charge < -0.3 is 15.1 Å². The predicted octanol–water partition coefficient (Wildman–Crippen LogP) is 3.84. The second-order valence-electron chi connectivity index (χ2n) is 6.91. The van der Waals surface area contributed by atoms with Crippen LogP contribution in [0.5, 0.6) is 0 Å². The van der Waals surface area contributed by atoms with Gasteiger partial charge in [0, 0.05) is 37.1 Å². The fraction of sp³-hybridized carbons (Fsp3) is 0.364. The molecule has 2 aromatic carbocycles. The van der Waals surface area contributed by atoms with E-state index in [9.17, 15) is 9.59 Å². The molecule has 0 saturated carbocycles. The summed E-state index contributed by atoms with van der Waals surface area (Å²) in [7, 11) is 0. The Morgan fingerprint density at radius 2 is 1.63 bits per heavy atom. The van der Waals surface area contributed by atoms with Crippen LogP contribution in [0.15, 0.2) is 48.5 Å². The fourth-order valence-electron chi connectivity index (χ4n) is 3.37. The van der Waals surface area contributed by atoms with E-state index in [1.54, 1.807) is 0 Å². The van der Waals surface area contributed by atoms with Crippen LogP contribution in [-0.2, 0) is 16.0 Å². The molecule has 0 bridgehead atoms. The molecule has 0 unspecified atom stereocenters. The number of carbonyl (C=O) groups excluding carboxylic acids is 2. The maximum absolute atomic E-state index is 12.4. The van der Waals surface area contributed by atoms with E-state index in [1.165, 1.54) is 35.9 Å². The van der Waals surface area contributed by atoms with Crippen LogP contribution >= 0.6 is 0 Å². The van der Waals surface area contributed by atoms with Crippen LogP contribution in [0.25, 0.3) is 0 Å². The highest BCUT2D eigenvalue weighted by Gasteiger charge is 2.16. The third-order valence-electron chi connectivity index (χ3n) is 4.96. The summed E-state index contributed by atoms with van der Waals surface area (Å²) in [5.74, 6) is -0.363. The van der Waals surface area contributed by atoms with Crippen molar-refractivity contribution < 1.29 is 9.59 Å². The third kappa shape index (κ3) is 4.88. The SMILES string of the molecule is CCc1ccc(N(CC(=O)Nc2ccc(N3CCCC3)cc2)C(C)=O)cc1. The average Bonchev–Trinajstić information content (AvgIpc) is 3.21. The molecule has 0 radical (unpaired) electrons. The Kier molecular flexibility index (Phi) is 6.12. The minimum absolute atomic E-state index is 0.00528. The summed E-state index contributed by atoms with van der Waals surface area (Å²) in [6.07, 6.45) is 3.41. The van der Waals surface area contributed by atoms with Crippen LogP contribution in [0.4, 0.5) is 17.1 Å². The number of nitrogens with zero attached hydrogens (tertiary/aromatic N) is 2. The monoisotopic (exact) mass is 365 g/mol. The van der Waals surface area contributed by atoms with Crippen molar-refractivity contribution in [2.45, 2.75) is 33.1 Å². The van der Waals surface area contributed by atoms with Crippen LogP contribution in [0.3, 0.4) is 0 Å². The molecule has 142 valence electrons. The summed E-state index contributed by atoms with van der Waals surface area (Å²) in [6, 6.07) is 15.6. The summed E-state index contributed by atoms with van der Waals surface area (Å²) < 4.78 is 0. The van der Waals surface area contributed by atoms with Crippen LogP contribution in [0, 0.1) is 0 Å². The smallest absolute Gasteiger partial charge is 0.244 e. The van der Waals surface area contributed by atoms with E-state index in [4.69, 9.17) is 0 Å². The number of rotatable bonds is 6. The second kappa shape index (κ2) is 8.71. The van der Waals surface area contributed by atoms with Gasteiger partial charge >= 0.3 is 0 Å². The van der Waals surface area contributed by atoms with E-state index in [0.717, 1.165) is 30.9 Å². The first kappa shape index (κ1) is 19.0. The van der Waals surface area contributed by atoms with Gasteiger partial charge in [-0.05, 0) is 61.2 Å². The summed E-state index contributed by atoms with van der Waals surface area (Å²) >= 11 is 0. The van der Waals surface area contributed by atoms with Crippen LogP contribution < -0.4 is 15.1 Å². The van der Waals surface area contributed by atoms with Gasteiger partial charge in [0.25, 0.3) is 0 Å². The van der Waals surface area contributed by atoms with Gasteiger partial charge in [0.15, 0.2) is 0 Å². The van der Waals surface area contributed by atoms with Gasteiger partial charge in [-0.1, -0.05) is 19.1 Å². The first-order valence-corrected chi connectivity index (χ1v) is 9.58. The first-order valence-electron chi connectivity index (χ1n) is 9.58. The van der Waals surface area contributed by atoms with Crippen molar-refractivity contribution in [3.8, 4) is 0 Å². The lowest BCUT2D eigenvalue weighted by molar-refractivity contribution is -0.120. The lowest BCUT2D eigenvalue weighted by Crippen LogP contribution is -2.36. The zero-order valence-corrected chi connectivity index (χ0v) is 16.1. The summed E-state index contributed by atoms with van der Waals surface area (Å²) in [6.45, 7) is 5.74. The van der Waals surface area contributed by atoms with Crippen molar-refractivity contribution >= 4 is 28.9 Å². The van der Waals surface area contributed by atoms with Crippen LogP contribution in [-0.4, -0.2) is 31.4 Å². The molecule has 0 atom stereocenters. The highest BCUT2D eigenvalue weighted by atomic mass is 16.2. The second-order valence-corrected chi connectivity index (χ2v) is 6.91. The van der Waals surface area contributed by atoms with Crippen molar-refractivity contribution in [3.63, 3.8) is 0 Å². The summed E-state index contributed by atoms with van der Waals surface area (Å²) in [5, 5.41) is 2.89. The van der Waals surface area contributed by atoms with Crippen molar-refractivity contribution in [2.24, 2.45) is 0 Å². The molecular weight excluding hydrogens is 338 g/mol. The molecule has 0 aliphatic carbocycles. The molecule has 2 amide bonds. The van der Waals surface area contributed by atoms with Crippen LogP contribution in [0.1, 0.15) is 32.3 Å². The molecule has 1 saturated heterocycles. The zero-order valence-electron chi connectivity index (χ0n) is 16.1. The Hall–Kier alpha value is -2.82. The van der Waals surface area contributed by atoms with E-state index in [1.807, 2.05) is 48.5 Å². The van der Waals surface area contributed by atoms with E-state index in [0.29, 0.717) is 0 Å². The molecule has 5 heteroatoms. The highest BCUT2D eigenvalue weighted by molar-refractivity contribution is 6.01. The normalized spacial score (nSPS) is 13.5.